The third-order valence-corrected chi connectivity index (χ3v) is 2.70. The molecule has 2 aromatic rings. The number of aliphatic hydroxyl groups excluding tert-OH is 1. The van der Waals surface area contributed by atoms with Crippen molar-refractivity contribution in [2.24, 2.45) is 0 Å². The Morgan fingerprint density at radius 3 is 2.62 bits per heavy atom. The molecular weight excluding hydrogens is 249 g/mol. The standard InChI is InChI=1S/C11H9Cl2NO2/c1-6(15)11-5-10(14-16-11)8-3-2-7(12)4-9(8)13/h2-6,15H,1H3/t6-/m1/s1. The third-order valence-electron chi connectivity index (χ3n) is 2.15. The van der Waals surface area contributed by atoms with Crippen LogP contribution in [-0.4, -0.2) is 10.3 Å². The van der Waals surface area contributed by atoms with E-state index in [0.29, 0.717) is 21.5 Å². The summed E-state index contributed by atoms with van der Waals surface area (Å²) in [6, 6.07) is 6.77. The van der Waals surface area contributed by atoms with Crippen LogP contribution >= 0.6 is 23.2 Å². The Kier molecular flexibility index (Phi) is 3.19. The number of benzene rings is 1. The van der Waals surface area contributed by atoms with E-state index in [4.69, 9.17) is 27.7 Å². The molecule has 0 aliphatic carbocycles. The molecule has 16 heavy (non-hydrogen) atoms. The zero-order chi connectivity index (χ0) is 11.7. The van der Waals surface area contributed by atoms with Crippen molar-refractivity contribution in [1.29, 1.82) is 0 Å². The first-order valence-corrected chi connectivity index (χ1v) is 5.43. The number of rotatable bonds is 2. The fourth-order valence-corrected chi connectivity index (χ4v) is 1.82. The van der Waals surface area contributed by atoms with E-state index in [1.807, 2.05) is 0 Å². The van der Waals surface area contributed by atoms with Gasteiger partial charge in [0.25, 0.3) is 0 Å². The second kappa shape index (κ2) is 4.45. The van der Waals surface area contributed by atoms with Crippen LogP contribution in [0, 0.1) is 0 Å². The molecule has 1 heterocycles. The van der Waals surface area contributed by atoms with E-state index >= 15 is 0 Å². The summed E-state index contributed by atoms with van der Waals surface area (Å²) in [4.78, 5) is 0. The molecule has 84 valence electrons. The SMILES string of the molecule is C[C@@H](O)c1cc(-c2ccc(Cl)cc2Cl)no1. The third kappa shape index (κ3) is 2.21. The van der Waals surface area contributed by atoms with Crippen molar-refractivity contribution in [2.45, 2.75) is 13.0 Å². The Hall–Kier alpha value is -1.03. The minimum absolute atomic E-state index is 0.404. The van der Waals surface area contributed by atoms with Gasteiger partial charge in [-0.05, 0) is 25.1 Å². The van der Waals surface area contributed by atoms with Gasteiger partial charge in [0, 0.05) is 16.7 Å². The first-order chi connectivity index (χ1) is 7.58. The van der Waals surface area contributed by atoms with Crippen molar-refractivity contribution in [3.8, 4) is 11.3 Å². The average molecular weight is 258 g/mol. The number of nitrogens with zero attached hydrogens (tertiary/aromatic N) is 1. The molecule has 0 radical (unpaired) electrons. The normalized spacial score (nSPS) is 12.8. The molecule has 0 spiro atoms. The van der Waals surface area contributed by atoms with Gasteiger partial charge in [0.2, 0.25) is 0 Å². The number of hydrogen-bond donors (Lipinski definition) is 1. The summed E-state index contributed by atoms with van der Waals surface area (Å²) in [5.74, 6) is 0.404. The van der Waals surface area contributed by atoms with Crippen LogP contribution in [0.3, 0.4) is 0 Å². The second-order valence-electron chi connectivity index (χ2n) is 3.41. The van der Waals surface area contributed by atoms with Crippen LogP contribution in [0.25, 0.3) is 11.3 Å². The molecule has 1 aromatic carbocycles. The molecule has 3 nitrogen and oxygen atoms in total. The molecule has 0 saturated heterocycles. The molecule has 0 saturated carbocycles. The van der Waals surface area contributed by atoms with Crippen LogP contribution in [0.5, 0.6) is 0 Å². The van der Waals surface area contributed by atoms with Crippen molar-refractivity contribution in [1.82, 2.24) is 5.16 Å². The highest BCUT2D eigenvalue weighted by Gasteiger charge is 2.12. The largest absolute Gasteiger partial charge is 0.385 e. The zero-order valence-corrected chi connectivity index (χ0v) is 9.96. The molecule has 0 aliphatic heterocycles. The van der Waals surface area contributed by atoms with Gasteiger partial charge in [-0.2, -0.15) is 0 Å². The first-order valence-electron chi connectivity index (χ1n) is 4.68. The smallest absolute Gasteiger partial charge is 0.165 e. The quantitative estimate of drug-likeness (QED) is 0.893. The summed E-state index contributed by atoms with van der Waals surface area (Å²) < 4.78 is 4.97. The maximum atomic E-state index is 9.31. The van der Waals surface area contributed by atoms with Gasteiger partial charge in [-0.15, -0.1) is 0 Å². The maximum absolute atomic E-state index is 9.31. The topological polar surface area (TPSA) is 46.3 Å². The molecule has 5 heteroatoms. The Morgan fingerprint density at radius 2 is 2.06 bits per heavy atom. The van der Waals surface area contributed by atoms with Gasteiger partial charge in [-0.25, -0.2) is 0 Å². The van der Waals surface area contributed by atoms with E-state index in [-0.39, 0.29) is 0 Å². The van der Waals surface area contributed by atoms with Crippen molar-refractivity contribution < 1.29 is 9.63 Å². The first kappa shape index (κ1) is 11.5. The lowest BCUT2D eigenvalue weighted by Gasteiger charge is -1.99. The van der Waals surface area contributed by atoms with E-state index < -0.39 is 6.10 Å². The molecule has 1 N–H and O–H groups in total. The van der Waals surface area contributed by atoms with Gasteiger partial charge in [0.05, 0.1) is 5.02 Å². The molecule has 2 rings (SSSR count). The lowest BCUT2D eigenvalue weighted by Crippen LogP contribution is -1.85. The molecule has 1 aromatic heterocycles. The van der Waals surface area contributed by atoms with Gasteiger partial charge >= 0.3 is 0 Å². The van der Waals surface area contributed by atoms with Crippen molar-refractivity contribution in [2.75, 3.05) is 0 Å². The minimum Gasteiger partial charge on any atom is -0.385 e. The fourth-order valence-electron chi connectivity index (χ4n) is 1.31. The summed E-state index contributed by atoms with van der Waals surface area (Å²) in [6.45, 7) is 1.60. The fraction of sp³-hybridized carbons (Fsp3) is 0.182. The molecule has 0 amide bonds. The van der Waals surface area contributed by atoms with Gasteiger partial charge in [0.15, 0.2) is 5.76 Å². The summed E-state index contributed by atoms with van der Waals surface area (Å²) in [5, 5.41) is 14.2. The van der Waals surface area contributed by atoms with Crippen molar-refractivity contribution in [3.05, 3.63) is 40.1 Å². The van der Waals surface area contributed by atoms with Crippen molar-refractivity contribution in [3.63, 3.8) is 0 Å². The summed E-state index contributed by atoms with van der Waals surface area (Å²) in [6.07, 6.45) is -0.688. The highest BCUT2D eigenvalue weighted by atomic mass is 35.5. The molecule has 0 bridgehead atoms. The van der Waals surface area contributed by atoms with Crippen molar-refractivity contribution >= 4 is 23.2 Å². The number of hydrogen-bond acceptors (Lipinski definition) is 3. The monoisotopic (exact) mass is 257 g/mol. The van der Waals surface area contributed by atoms with Gasteiger partial charge in [-0.3, -0.25) is 0 Å². The van der Waals surface area contributed by atoms with Crippen LogP contribution in [0.4, 0.5) is 0 Å². The molecule has 0 unspecified atom stereocenters. The van der Waals surface area contributed by atoms with Crippen LogP contribution in [0.15, 0.2) is 28.8 Å². The molecule has 0 fully saturated rings. The maximum Gasteiger partial charge on any atom is 0.165 e. The average Bonchev–Trinajstić information content (AvgIpc) is 2.66. The summed E-state index contributed by atoms with van der Waals surface area (Å²) in [5.41, 5.74) is 1.30. The number of aromatic nitrogens is 1. The van der Waals surface area contributed by atoms with E-state index in [0.717, 1.165) is 5.56 Å². The van der Waals surface area contributed by atoms with E-state index in [9.17, 15) is 5.11 Å². The summed E-state index contributed by atoms with van der Waals surface area (Å²) in [7, 11) is 0. The predicted octanol–water partition coefficient (Wildman–Crippen LogP) is 3.70. The zero-order valence-electron chi connectivity index (χ0n) is 8.45. The number of aliphatic hydroxyl groups is 1. The Bertz CT molecular complexity index is 508. The van der Waals surface area contributed by atoms with Crippen LogP contribution in [0.2, 0.25) is 10.0 Å². The summed E-state index contributed by atoms with van der Waals surface area (Å²) >= 11 is 11.8. The van der Waals surface area contributed by atoms with E-state index in [1.54, 1.807) is 31.2 Å². The lowest BCUT2D eigenvalue weighted by atomic mass is 10.1. The van der Waals surface area contributed by atoms with Gasteiger partial charge in [0.1, 0.15) is 11.8 Å². The second-order valence-corrected chi connectivity index (χ2v) is 4.26. The Morgan fingerprint density at radius 1 is 1.31 bits per heavy atom. The minimum atomic E-state index is -0.688. The van der Waals surface area contributed by atoms with Gasteiger partial charge < -0.3 is 9.63 Å². The lowest BCUT2D eigenvalue weighted by molar-refractivity contribution is 0.158. The van der Waals surface area contributed by atoms with Crippen LogP contribution in [-0.2, 0) is 0 Å². The highest BCUT2D eigenvalue weighted by molar-refractivity contribution is 6.36. The van der Waals surface area contributed by atoms with Crippen LogP contribution in [0.1, 0.15) is 18.8 Å². The van der Waals surface area contributed by atoms with Crippen LogP contribution < -0.4 is 0 Å². The van der Waals surface area contributed by atoms with E-state index in [2.05, 4.69) is 5.16 Å². The Labute approximate surface area is 103 Å². The molecule has 0 aliphatic rings. The Balaban J connectivity index is 2.42. The molecule has 1 atom stereocenters. The van der Waals surface area contributed by atoms with E-state index in [1.165, 1.54) is 0 Å². The predicted molar refractivity (Wildman–Crippen MR) is 62.6 cm³/mol. The van der Waals surface area contributed by atoms with Gasteiger partial charge in [-0.1, -0.05) is 28.4 Å². The number of halogens is 2. The molecular formula is C11H9Cl2NO2. The highest BCUT2D eigenvalue weighted by Crippen LogP contribution is 2.30.